The number of nitrogens with zero attached hydrogens (tertiary/aromatic N) is 3. The number of aromatic hydroxyl groups is 1. The summed E-state index contributed by atoms with van der Waals surface area (Å²) in [5, 5.41) is 12.3. The Balaban J connectivity index is 2.13. The van der Waals surface area contributed by atoms with Crippen LogP contribution in [-0.2, 0) is 6.42 Å². The van der Waals surface area contributed by atoms with Crippen molar-refractivity contribution in [1.29, 1.82) is 0 Å². The van der Waals surface area contributed by atoms with Gasteiger partial charge in [0.15, 0.2) is 0 Å². The zero-order valence-electron chi connectivity index (χ0n) is 10.8. The molecule has 1 aromatic rings. The third kappa shape index (κ3) is 1.73. The fraction of sp³-hybridized carbons (Fsp3) is 0.429. The number of phenols is 1. The molecule has 0 fully saturated rings. The predicted octanol–water partition coefficient (Wildman–Crippen LogP) is 0.386. The molecule has 18 heavy (non-hydrogen) atoms. The van der Waals surface area contributed by atoms with Crippen LogP contribution in [0.25, 0.3) is 5.57 Å². The van der Waals surface area contributed by atoms with E-state index in [9.17, 15) is 5.11 Å². The summed E-state index contributed by atoms with van der Waals surface area (Å²) in [6, 6.07) is 2.02. The van der Waals surface area contributed by atoms with Crippen LogP contribution < -0.4 is 10.6 Å². The van der Waals surface area contributed by atoms with E-state index in [1.165, 1.54) is 5.57 Å². The molecule has 0 atom stereocenters. The van der Waals surface area contributed by atoms with Crippen molar-refractivity contribution in [3.05, 3.63) is 22.2 Å². The van der Waals surface area contributed by atoms with E-state index < -0.39 is 0 Å². The van der Waals surface area contributed by atoms with Crippen molar-refractivity contribution in [2.24, 2.45) is 9.98 Å². The lowest BCUT2D eigenvalue weighted by Crippen LogP contribution is -2.31. The summed E-state index contributed by atoms with van der Waals surface area (Å²) in [6.07, 6.45) is 3.62. The number of benzene rings is 1. The molecule has 0 radical (unpaired) electrons. The summed E-state index contributed by atoms with van der Waals surface area (Å²) in [5.41, 5.74) is 2.88. The molecule has 0 saturated heterocycles. The summed E-state index contributed by atoms with van der Waals surface area (Å²) in [5.74, 6) is 0.332. The van der Waals surface area contributed by atoms with Gasteiger partial charge in [-0.05, 0) is 44.1 Å². The van der Waals surface area contributed by atoms with Gasteiger partial charge in [-0.1, -0.05) is 0 Å². The van der Waals surface area contributed by atoms with E-state index in [1.807, 2.05) is 26.4 Å². The van der Waals surface area contributed by atoms with Crippen LogP contribution in [0.4, 0.5) is 5.69 Å². The third-order valence-electron chi connectivity index (χ3n) is 3.49. The third-order valence-corrected chi connectivity index (χ3v) is 3.49. The molecular formula is C14H17N3O. The van der Waals surface area contributed by atoms with Crippen LogP contribution in [0, 0.1) is 0 Å². The highest BCUT2D eigenvalue weighted by atomic mass is 16.3. The van der Waals surface area contributed by atoms with Gasteiger partial charge >= 0.3 is 0 Å². The first kappa shape index (κ1) is 11.4. The highest BCUT2D eigenvalue weighted by Crippen LogP contribution is 2.29. The van der Waals surface area contributed by atoms with Gasteiger partial charge < -0.3 is 10.0 Å². The van der Waals surface area contributed by atoms with Crippen molar-refractivity contribution in [2.45, 2.75) is 12.8 Å². The van der Waals surface area contributed by atoms with Gasteiger partial charge in [-0.3, -0.25) is 9.98 Å². The second-order valence-corrected chi connectivity index (χ2v) is 5.10. The number of hydrogen-bond donors (Lipinski definition) is 1. The molecule has 0 spiro atoms. The van der Waals surface area contributed by atoms with Gasteiger partial charge in [0.2, 0.25) is 0 Å². The van der Waals surface area contributed by atoms with E-state index in [0.717, 1.165) is 47.8 Å². The molecule has 1 N–H and O–H groups in total. The van der Waals surface area contributed by atoms with E-state index in [0.29, 0.717) is 5.75 Å². The van der Waals surface area contributed by atoms with Crippen LogP contribution >= 0.6 is 0 Å². The predicted molar refractivity (Wildman–Crippen MR) is 72.2 cm³/mol. The second kappa shape index (κ2) is 4.21. The molecule has 1 aromatic carbocycles. The molecule has 2 aliphatic rings. The summed E-state index contributed by atoms with van der Waals surface area (Å²) < 4.78 is 0. The van der Waals surface area contributed by atoms with Gasteiger partial charge in [-0.25, -0.2) is 0 Å². The Hall–Kier alpha value is -1.68. The van der Waals surface area contributed by atoms with Gasteiger partial charge in [0.1, 0.15) is 11.4 Å². The number of likely N-dealkylation sites (N-methyl/N-ethyl adjacent to an activating group) is 1. The SMILES string of the molecule is CN(C)CCc1cc2c3c(c1O)N=CC=3CCN=2. The van der Waals surface area contributed by atoms with E-state index in [4.69, 9.17) is 0 Å². The molecule has 0 amide bonds. The molecule has 3 rings (SSSR count). The lowest BCUT2D eigenvalue weighted by molar-refractivity contribution is 0.406. The van der Waals surface area contributed by atoms with Gasteiger partial charge in [0.25, 0.3) is 0 Å². The van der Waals surface area contributed by atoms with Gasteiger partial charge in [0.05, 0.1) is 5.36 Å². The van der Waals surface area contributed by atoms with Crippen molar-refractivity contribution in [2.75, 3.05) is 27.2 Å². The van der Waals surface area contributed by atoms with Crippen LogP contribution in [0.5, 0.6) is 5.75 Å². The zero-order chi connectivity index (χ0) is 12.7. The fourth-order valence-corrected chi connectivity index (χ4v) is 2.49. The maximum atomic E-state index is 10.3. The number of rotatable bonds is 3. The maximum absolute atomic E-state index is 10.3. The van der Waals surface area contributed by atoms with E-state index in [1.54, 1.807) is 0 Å². The zero-order valence-corrected chi connectivity index (χ0v) is 10.8. The number of phenolic OH excluding ortho intramolecular Hbond substituents is 1. The van der Waals surface area contributed by atoms with Crippen LogP contribution in [0.3, 0.4) is 0 Å². The maximum Gasteiger partial charge on any atom is 0.145 e. The number of hydrogen-bond acceptors (Lipinski definition) is 4. The lowest BCUT2D eigenvalue weighted by atomic mass is 10.0. The molecule has 2 aliphatic heterocycles. The van der Waals surface area contributed by atoms with Gasteiger partial charge in [0, 0.05) is 24.5 Å². The first-order valence-electron chi connectivity index (χ1n) is 6.28. The van der Waals surface area contributed by atoms with E-state index in [-0.39, 0.29) is 0 Å². The van der Waals surface area contributed by atoms with Gasteiger partial charge in [-0.15, -0.1) is 0 Å². The Morgan fingerprint density at radius 1 is 1.39 bits per heavy atom. The molecule has 0 saturated carbocycles. The van der Waals surface area contributed by atoms with Crippen molar-refractivity contribution < 1.29 is 5.11 Å². The Morgan fingerprint density at radius 3 is 3.00 bits per heavy atom. The minimum atomic E-state index is 0.332. The Morgan fingerprint density at radius 2 is 2.22 bits per heavy atom. The molecular weight excluding hydrogens is 226 g/mol. The minimum absolute atomic E-state index is 0.332. The van der Waals surface area contributed by atoms with Crippen molar-refractivity contribution in [3.63, 3.8) is 0 Å². The molecule has 0 aromatic heterocycles. The largest absolute Gasteiger partial charge is 0.505 e. The highest BCUT2D eigenvalue weighted by molar-refractivity contribution is 6.07. The molecule has 4 nitrogen and oxygen atoms in total. The summed E-state index contributed by atoms with van der Waals surface area (Å²) >= 11 is 0. The highest BCUT2D eigenvalue weighted by Gasteiger charge is 2.18. The van der Waals surface area contributed by atoms with Crippen LogP contribution in [-0.4, -0.2) is 43.4 Å². The molecule has 0 bridgehead atoms. The standard InChI is InChI=1S/C14H17N3O/c1-17(2)6-4-9-7-11-12-10(3-5-15-11)8-16-13(12)14(9)18/h7-8,18H,3-6H2,1-2H3. The minimum Gasteiger partial charge on any atom is -0.505 e. The smallest absolute Gasteiger partial charge is 0.145 e. The Bertz CT molecular complexity index is 644. The average Bonchev–Trinajstić information content (AvgIpc) is 2.77. The monoisotopic (exact) mass is 243 g/mol. The van der Waals surface area contributed by atoms with Crippen molar-refractivity contribution in [3.8, 4) is 5.75 Å². The van der Waals surface area contributed by atoms with Crippen molar-refractivity contribution >= 4 is 17.5 Å². The van der Waals surface area contributed by atoms with Gasteiger partial charge in [-0.2, -0.15) is 0 Å². The summed E-state index contributed by atoms with van der Waals surface area (Å²) in [6.45, 7) is 1.73. The molecule has 0 aliphatic carbocycles. The molecule has 4 heteroatoms. The van der Waals surface area contributed by atoms with Crippen LogP contribution in [0.1, 0.15) is 12.0 Å². The Labute approximate surface area is 106 Å². The molecule has 2 heterocycles. The van der Waals surface area contributed by atoms with E-state index in [2.05, 4.69) is 14.9 Å². The van der Waals surface area contributed by atoms with Crippen LogP contribution in [0.15, 0.2) is 16.1 Å². The first-order chi connectivity index (χ1) is 8.66. The quantitative estimate of drug-likeness (QED) is 0.834. The van der Waals surface area contributed by atoms with E-state index >= 15 is 0 Å². The second-order valence-electron chi connectivity index (χ2n) is 5.10. The average molecular weight is 243 g/mol. The fourth-order valence-electron chi connectivity index (χ4n) is 2.49. The summed E-state index contributed by atoms with van der Waals surface area (Å²) in [7, 11) is 4.06. The van der Waals surface area contributed by atoms with Crippen LogP contribution in [0.2, 0.25) is 0 Å². The molecule has 94 valence electrons. The van der Waals surface area contributed by atoms with Crippen molar-refractivity contribution in [1.82, 2.24) is 4.90 Å². The Kier molecular flexibility index (Phi) is 2.67. The summed E-state index contributed by atoms with van der Waals surface area (Å²) in [4.78, 5) is 11.0. The first-order valence-corrected chi connectivity index (χ1v) is 6.28. The lowest BCUT2D eigenvalue weighted by Gasteiger charge is -2.12. The topological polar surface area (TPSA) is 48.2 Å². The number of aliphatic imine (C=N–C) groups is 1. The normalized spacial score (nSPS) is 16.1. The molecule has 0 unspecified atom stereocenters.